The number of nitrogens with one attached hydrogen (secondary N) is 1. The van der Waals surface area contributed by atoms with Gasteiger partial charge in [0, 0.05) is 5.75 Å². The molecule has 7 heteroatoms. The molecular formula is C12H13N3OS3. The van der Waals surface area contributed by atoms with Crippen molar-refractivity contribution in [3.8, 4) is 0 Å². The summed E-state index contributed by atoms with van der Waals surface area (Å²) in [5.74, 6) is 1.25. The van der Waals surface area contributed by atoms with Gasteiger partial charge in [-0.15, -0.1) is 10.2 Å². The Morgan fingerprint density at radius 2 is 2.11 bits per heavy atom. The van der Waals surface area contributed by atoms with Crippen LogP contribution >= 0.6 is 34.9 Å². The molecule has 1 heterocycles. The number of aromatic nitrogens is 2. The van der Waals surface area contributed by atoms with Crippen molar-refractivity contribution in [1.82, 2.24) is 10.2 Å². The van der Waals surface area contributed by atoms with Gasteiger partial charge in [0.25, 0.3) is 0 Å². The Balaban J connectivity index is 1.85. The topological polar surface area (TPSA) is 54.9 Å². The second-order valence-corrected chi connectivity index (χ2v) is 6.69. The monoisotopic (exact) mass is 311 g/mol. The second kappa shape index (κ2) is 7.52. The molecule has 0 saturated carbocycles. The van der Waals surface area contributed by atoms with E-state index in [1.54, 1.807) is 11.8 Å². The zero-order chi connectivity index (χ0) is 13.5. The van der Waals surface area contributed by atoms with Crippen molar-refractivity contribution >= 4 is 45.9 Å². The lowest BCUT2D eigenvalue weighted by atomic mass is 10.2. The van der Waals surface area contributed by atoms with Crippen molar-refractivity contribution in [3.63, 3.8) is 0 Å². The molecule has 0 bridgehead atoms. The summed E-state index contributed by atoms with van der Waals surface area (Å²) in [7, 11) is 0. The SMILES string of the molecule is CSCC(=O)Nc1nnc(SCc2ccccc2)s1. The van der Waals surface area contributed by atoms with Gasteiger partial charge in [-0.05, 0) is 11.8 Å². The summed E-state index contributed by atoms with van der Waals surface area (Å²) < 4.78 is 0.864. The van der Waals surface area contributed by atoms with Crippen LogP contribution in [0.4, 0.5) is 5.13 Å². The van der Waals surface area contributed by atoms with Crippen LogP contribution in [0, 0.1) is 0 Å². The molecule has 0 radical (unpaired) electrons. The van der Waals surface area contributed by atoms with Gasteiger partial charge in [0.15, 0.2) is 4.34 Å². The highest BCUT2D eigenvalue weighted by molar-refractivity contribution is 8.00. The maximum atomic E-state index is 11.4. The van der Waals surface area contributed by atoms with E-state index >= 15 is 0 Å². The minimum Gasteiger partial charge on any atom is -0.300 e. The van der Waals surface area contributed by atoms with Crippen molar-refractivity contribution in [1.29, 1.82) is 0 Å². The van der Waals surface area contributed by atoms with Gasteiger partial charge in [-0.3, -0.25) is 10.1 Å². The molecule has 1 amide bonds. The van der Waals surface area contributed by atoms with E-state index in [0.29, 0.717) is 10.9 Å². The van der Waals surface area contributed by atoms with Gasteiger partial charge in [0.2, 0.25) is 11.0 Å². The van der Waals surface area contributed by atoms with Crippen LogP contribution in [-0.4, -0.2) is 28.1 Å². The van der Waals surface area contributed by atoms with Crippen molar-refractivity contribution in [2.75, 3.05) is 17.3 Å². The van der Waals surface area contributed by atoms with Crippen molar-refractivity contribution in [2.24, 2.45) is 0 Å². The van der Waals surface area contributed by atoms with Gasteiger partial charge < -0.3 is 0 Å². The first-order valence-electron chi connectivity index (χ1n) is 5.57. The molecule has 19 heavy (non-hydrogen) atoms. The summed E-state index contributed by atoms with van der Waals surface area (Å²) in [5.41, 5.74) is 1.25. The van der Waals surface area contributed by atoms with Gasteiger partial charge in [-0.1, -0.05) is 53.4 Å². The minimum absolute atomic E-state index is 0.0386. The average molecular weight is 311 g/mol. The third kappa shape index (κ3) is 4.85. The molecule has 0 aliphatic heterocycles. The van der Waals surface area contributed by atoms with Gasteiger partial charge >= 0.3 is 0 Å². The zero-order valence-corrected chi connectivity index (χ0v) is 12.8. The number of hydrogen-bond acceptors (Lipinski definition) is 6. The Kier molecular flexibility index (Phi) is 5.68. The first kappa shape index (κ1) is 14.4. The van der Waals surface area contributed by atoms with E-state index in [2.05, 4.69) is 27.6 Å². The summed E-state index contributed by atoms with van der Waals surface area (Å²) in [6.45, 7) is 0. The second-order valence-electron chi connectivity index (χ2n) is 3.63. The number of amides is 1. The van der Waals surface area contributed by atoms with E-state index in [1.807, 2.05) is 24.5 Å². The Morgan fingerprint density at radius 3 is 2.84 bits per heavy atom. The number of carbonyl (C=O) groups is 1. The van der Waals surface area contributed by atoms with Crippen LogP contribution in [0.3, 0.4) is 0 Å². The Hall–Kier alpha value is -1.05. The van der Waals surface area contributed by atoms with E-state index in [1.165, 1.54) is 28.7 Å². The predicted octanol–water partition coefficient (Wildman–Crippen LogP) is 3.13. The fourth-order valence-corrected chi connectivity index (χ4v) is 3.38. The maximum absolute atomic E-state index is 11.4. The van der Waals surface area contributed by atoms with Crippen LogP contribution in [0.2, 0.25) is 0 Å². The number of carbonyl (C=O) groups excluding carboxylic acids is 1. The predicted molar refractivity (Wildman–Crippen MR) is 82.9 cm³/mol. The third-order valence-electron chi connectivity index (χ3n) is 2.13. The number of hydrogen-bond donors (Lipinski definition) is 1. The molecule has 1 aromatic heterocycles. The van der Waals surface area contributed by atoms with Crippen molar-refractivity contribution < 1.29 is 4.79 Å². The van der Waals surface area contributed by atoms with Crippen molar-refractivity contribution in [3.05, 3.63) is 35.9 Å². The number of nitrogens with zero attached hydrogens (tertiary/aromatic N) is 2. The molecular weight excluding hydrogens is 298 g/mol. The zero-order valence-electron chi connectivity index (χ0n) is 10.3. The number of benzene rings is 1. The summed E-state index contributed by atoms with van der Waals surface area (Å²) in [4.78, 5) is 11.4. The lowest BCUT2D eigenvalue weighted by Crippen LogP contribution is -2.13. The Bertz CT molecular complexity index is 530. The summed E-state index contributed by atoms with van der Waals surface area (Å²) >= 11 is 4.51. The summed E-state index contributed by atoms with van der Waals surface area (Å²) in [6.07, 6.45) is 1.89. The standard InChI is InChI=1S/C12H13N3OS3/c1-17-8-10(16)13-11-14-15-12(19-11)18-7-9-5-3-2-4-6-9/h2-6H,7-8H2,1H3,(H,13,14,16). The third-order valence-corrected chi connectivity index (χ3v) is 4.73. The molecule has 2 rings (SSSR count). The molecule has 100 valence electrons. The maximum Gasteiger partial charge on any atom is 0.236 e. The van der Waals surface area contributed by atoms with E-state index in [4.69, 9.17) is 0 Å². The number of anilines is 1. The Morgan fingerprint density at radius 1 is 1.32 bits per heavy atom. The highest BCUT2D eigenvalue weighted by Gasteiger charge is 2.08. The number of thioether (sulfide) groups is 2. The summed E-state index contributed by atoms with van der Waals surface area (Å²) in [6, 6.07) is 10.2. The van der Waals surface area contributed by atoms with Gasteiger partial charge in [0.05, 0.1) is 5.75 Å². The molecule has 0 saturated heterocycles. The van der Waals surface area contributed by atoms with E-state index in [-0.39, 0.29) is 5.91 Å². The molecule has 0 aliphatic rings. The highest BCUT2D eigenvalue weighted by atomic mass is 32.2. The fourth-order valence-electron chi connectivity index (χ4n) is 1.32. The molecule has 0 unspecified atom stereocenters. The first-order valence-corrected chi connectivity index (χ1v) is 8.76. The van der Waals surface area contributed by atoms with Crippen LogP contribution < -0.4 is 5.32 Å². The largest absolute Gasteiger partial charge is 0.300 e. The molecule has 0 fully saturated rings. The Labute approximate surface area is 124 Å². The van der Waals surface area contributed by atoms with Crippen molar-refractivity contribution in [2.45, 2.75) is 10.1 Å². The molecule has 0 spiro atoms. The quantitative estimate of drug-likeness (QED) is 0.656. The molecule has 1 N–H and O–H groups in total. The van der Waals surface area contributed by atoms with Crippen LogP contribution in [0.15, 0.2) is 34.7 Å². The average Bonchev–Trinajstić information content (AvgIpc) is 2.85. The number of rotatable bonds is 6. The lowest BCUT2D eigenvalue weighted by Gasteiger charge is -1.97. The fraction of sp³-hybridized carbons (Fsp3) is 0.250. The molecule has 0 aliphatic carbocycles. The molecule has 4 nitrogen and oxygen atoms in total. The molecule has 2 aromatic rings. The van der Waals surface area contributed by atoms with Gasteiger partial charge in [0.1, 0.15) is 0 Å². The van der Waals surface area contributed by atoms with E-state index < -0.39 is 0 Å². The summed E-state index contributed by atoms with van der Waals surface area (Å²) in [5, 5.41) is 11.3. The van der Waals surface area contributed by atoms with Crippen LogP contribution in [0.25, 0.3) is 0 Å². The minimum atomic E-state index is -0.0386. The normalized spacial score (nSPS) is 10.4. The van der Waals surface area contributed by atoms with Crippen LogP contribution in [-0.2, 0) is 10.5 Å². The molecule has 1 aromatic carbocycles. The van der Waals surface area contributed by atoms with E-state index in [9.17, 15) is 4.79 Å². The smallest absolute Gasteiger partial charge is 0.236 e. The van der Waals surface area contributed by atoms with E-state index in [0.717, 1.165) is 10.1 Å². The lowest BCUT2D eigenvalue weighted by molar-refractivity contribution is -0.113. The van der Waals surface area contributed by atoms with Gasteiger partial charge in [-0.25, -0.2) is 0 Å². The highest BCUT2D eigenvalue weighted by Crippen LogP contribution is 2.28. The molecule has 0 atom stereocenters. The van der Waals surface area contributed by atoms with Gasteiger partial charge in [-0.2, -0.15) is 11.8 Å². The van der Waals surface area contributed by atoms with Crippen LogP contribution in [0.1, 0.15) is 5.56 Å². The van der Waals surface area contributed by atoms with Crippen LogP contribution in [0.5, 0.6) is 0 Å². The first-order chi connectivity index (χ1) is 9.28.